The summed E-state index contributed by atoms with van der Waals surface area (Å²) in [6.45, 7) is 0.606. The number of benzene rings is 1. The van der Waals surface area contributed by atoms with Gasteiger partial charge in [0.05, 0.1) is 0 Å². The third kappa shape index (κ3) is 4.14. The molecular formula is C12H14ClF2NO2. The molecule has 0 spiro atoms. The lowest BCUT2D eigenvalue weighted by molar-refractivity contribution is -0.121. The molecule has 0 aliphatic heterocycles. The molecule has 1 rings (SSSR count). The first kappa shape index (κ1) is 14.7. The summed E-state index contributed by atoms with van der Waals surface area (Å²) < 4.78 is 28.7. The van der Waals surface area contributed by atoms with E-state index in [0.29, 0.717) is 0 Å². The van der Waals surface area contributed by atoms with Crippen molar-refractivity contribution >= 4 is 17.5 Å². The zero-order valence-electron chi connectivity index (χ0n) is 9.99. The van der Waals surface area contributed by atoms with E-state index in [1.54, 1.807) is 19.9 Å². The third-order valence-electron chi connectivity index (χ3n) is 2.07. The molecule has 1 aromatic rings. The van der Waals surface area contributed by atoms with Crippen LogP contribution in [0.5, 0.6) is 5.75 Å². The van der Waals surface area contributed by atoms with Crippen molar-refractivity contribution < 1.29 is 18.3 Å². The van der Waals surface area contributed by atoms with E-state index in [-0.39, 0.29) is 17.4 Å². The minimum absolute atomic E-state index is 0.0815. The van der Waals surface area contributed by atoms with Crippen molar-refractivity contribution in [1.29, 1.82) is 0 Å². The summed E-state index contributed by atoms with van der Waals surface area (Å²) >= 11 is 5.95. The molecule has 0 fully saturated rings. The van der Waals surface area contributed by atoms with Crippen molar-refractivity contribution in [2.75, 3.05) is 0 Å². The zero-order valence-corrected chi connectivity index (χ0v) is 10.7. The lowest BCUT2D eigenvalue weighted by Crippen LogP contribution is -2.33. The maximum atomic E-state index is 12.2. The second-order valence-electron chi connectivity index (χ2n) is 3.94. The molecule has 18 heavy (non-hydrogen) atoms. The Hall–Kier alpha value is -1.36. The molecule has 0 aliphatic carbocycles. The van der Waals surface area contributed by atoms with Crippen molar-refractivity contribution in [1.82, 2.24) is 5.32 Å². The van der Waals surface area contributed by atoms with Crippen LogP contribution in [-0.2, 0) is 4.79 Å². The maximum Gasteiger partial charge on any atom is 0.387 e. The van der Waals surface area contributed by atoms with Crippen LogP contribution in [0, 0.1) is 0 Å². The van der Waals surface area contributed by atoms with Crippen LogP contribution in [0.25, 0.3) is 0 Å². The fourth-order valence-electron chi connectivity index (χ4n) is 1.39. The Kier molecular flexibility index (Phi) is 5.34. The van der Waals surface area contributed by atoms with Crippen LogP contribution >= 0.6 is 11.6 Å². The lowest BCUT2D eigenvalue weighted by atomic mass is 10.1. The Bertz CT molecular complexity index is 413. The number of para-hydroxylation sites is 1. The highest BCUT2D eigenvalue weighted by molar-refractivity contribution is 6.31. The predicted molar refractivity (Wildman–Crippen MR) is 64.9 cm³/mol. The van der Waals surface area contributed by atoms with Crippen molar-refractivity contribution in [3.63, 3.8) is 0 Å². The molecule has 1 N–H and O–H groups in total. The fraction of sp³-hybridized carbons (Fsp3) is 0.417. The number of rotatable bonds is 5. The molecule has 1 amide bonds. The average Bonchev–Trinajstić information content (AvgIpc) is 2.27. The second-order valence-corrected chi connectivity index (χ2v) is 4.38. The SMILES string of the molecule is CC(C)NC(=O)C(Cl)c1ccccc1OC(F)F. The number of amides is 1. The van der Waals surface area contributed by atoms with Gasteiger partial charge >= 0.3 is 6.61 Å². The molecule has 0 saturated carbocycles. The van der Waals surface area contributed by atoms with Gasteiger partial charge in [0.2, 0.25) is 5.91 Å². The number of hydrogen-bond acceptors (Lipinski definition) is 2. The van der Waals surface area contributed by atoms with E-state index in [2.05, 4.69) is 10.1 Å². The Morgan fingerprint density at radius 1 is 1.33 bits per heavy atom. The van der Waals surface area contributed by atoms with Crippen molar-refractivity contribution in [2.24, 2.45) is 0 Å². The van der Waals surface area contributed by atoms with Crippen molar-refractivity contribution in [3.05, 3.63) is 29.8 Å². The molecule has 0 bridgehead atoms. The van der Waals surface area contributed by atoms with Gasteiger partial charge in [0.1, 0.15) is 11.1 Å². The molecule has 100 valence electrons. The zero-order chi connectivity index (χ0) is 13.7. The largest absolute Gasteiger partial charge is 0.434 e. The highest BCUT2D eigenvalue weighted by Crippen LogP contribution is 2.30. The molecule has 0 heterocycles. The van der Waals surface area contributed by atoms with Crippen LogP contribution in [0.15, 0.2) is 24.3 Å². The maximum absolute atomic E-state index is 12.2. The minimum atomic E-state index is -2.96. The minimum Gasteiger partial charge on any atom is -0.434 e. The second kappa shape index (κ2) is 6.54. The monoisotopic (exact) mass is 277 g/mol. The molecule has 0 aromatic heterocycles. The quantitative estimate of drug-likeness (QED) is 0.840. The van der Waals surface area contributed by atoms with Crippen LogP contribution in [-0.4, -0.2) is 18.6 Å². The molecule has 1 atom stereocenters. The number of carbonyl (C=O) groups excluding carboxylic acids is 1. The number of hydrogen-bond donors (Lipinski definition) is 1. The van der Waals surface area contributed by atoms with Gasteiger partial charge in [-0.25, -0.2) is 0 Å². The summed E-state index contributed by atoms with van der Waals surface area (Å²) in [4.78, 5) is 11.7. The molecule has 6 heteroatoms. The van der Waals surface area contributed by atoms with Gasteiger partial charge in [-0.05, 0) is 19.9 Å². The topological polar surface area (TPSA) is 38.3 Å². The van der Waals surface area contributed by atoms with Crippen LogP contribution in [0.2, 0.25) is 0 Å². The molecule has 3 nitrogen and oxygen atoms in total. The molecule has 1 aromatic carbocycles. The normalized spacial score (nSPS) is 12.6. The Labute approximate surface area is 109 Å². The summed E-state index contributed by atoms with van der Waals surface area (Å²) in [5.74, 6) is -0.539. The van der Waals surface area contributed by atoms with Gasteiger partial charge in [-0.2, -0.15) is 8.78 Å². The smallest absolute Gasteiger partial charge is 0.387 e. The third-order valence-corrected chi connectivity index (χ3v) is 2.50. The summed E-state index contributed by atoms with van der Waals surface area (Å²) in [6, 6.07) is 5.88. The summed E-state index contributed by atoms with van der Waals surface area (Å²) in [6.07, 6.45) is 0. The van der Waals surface area contributed by atoms with E-state index < -0.39 is 17.9 Å². The van der Waals surface area contributed by atoms with Gasteiger partial charge in [0.15, 0.2) is 0 Å². The summed E-state index contributed by atoms with van der Waals surface area (Å²) in [5.41, 5.74) is 0.220. The Morgan fingerprint density at radius 2 is 1.94 bits per heavy atom. The highest BCUT2D eigenvalue weighted by Gasteiger charge is 2.22. The van der Waals surface area contributed by atoms with Crippen LogP contribution in [0.3, 0.4) is 0 Å². The van der Waals surface area contributed by atoms with Crippen molar-refractivity contribution in [3.8, 4) is 5.75 Å². The van der Waals surface area contributed by atoms with Crippen LogP contribution in [0.4, 0.5) is 8.78 Å². The van der Waals surface area contributed by atoms with Crippen LogP contribution in [0.1, 0.15) is 24.8 Å². The Balaban J connectivity index is 2.90. The van der Waals surface area contributed by atoms with Crippen molar-refractivity contribution in [2.45, 2.75) is 31.9 Å². The standard InChI is InChI=1S/C12H14ClF2NO2/c1-7(2)16-11(17)10(13)8-5-3-4-6-9(8)18-12(14)15/h3-7,10,12H,1-2H3,(H,16,17). The number of ether oxygens (including phenoxy) is 1. The predicted octanol–water partition coefficient (Wildman–Crippen LogP) is 3.09. The van der Waals surface area contributed by atoms with Crippen LogP contribution < -0.4 is 10.1 Å². The molecule has 0 radical (unpaired) electrons. The molecule has 0 aliphatic rings. The van der Waals surface area contributed by atoms with Gasteiger partial charge in [0.25, 0.3) is 0 Å². The van der Waals surface area contributed by atoms with E-state index in [9.17, 15) is 13.6 Å². The first-order chi connectivity index (χ1) is 8.41. The van der Waals surface area contributed by atoms with E-state index >= 15 is 0 Å². The van der Waals surface area contributed by atoms with Gasteiger partial charge in [0, 0.05) is 11.6 Å². The Morgan fingerprint density at radius 3 is 2.50 bits per heavy atom. The lowest BCUT2D eigenvalue weighted by Gasteiger charge is -2.16. The van der Waals surface area contributed by atoms with Gasteiger partial charge in [-0.15, -0.1) is 11.6 Å². The van der Waals surface area contributed by atoms with Gasteiger partial charge in [-0.3, -0.25) is 4.79 Å². The summed E-state index contributed by atoms with van der Waals surface area (Å²) in [5, 5.41) is 1.54. The highest BCUT2D eigenvalue weighted by atomic mass is 35.5. The number of alkyl halides is 3. The molecular weight excluding hydrogens is 264 g/mol. The molecule has 1 unspecified atom stereocenters. The average molecular weight is 278 g/mol. The number of halogens is 3. The summed E-state index contributed by atoms with van der Waals surface area (Å²) in [7, 11) is 0. The van der Waals surface area contributed by atoms with E-state index in [1.165, 1.54) is 18.2 Å². The molecule has 0 saturated heterocycles. The fourth-order valence-corrected chi connectivity index (χ4v) is 1.64. The van der Waals surface area contributed by atoms with Gasteiger partial charge < -0.3 is 10.1 Å². The first-order valence-electron chi connectivity index (χ1n) is 5.40. The van der Waals surface area contributed by atoms with Gasteiger partial charge in [-0.1, -0.05) is 18.2 Å². The van der Waals surface area contributed by atoms with E-state index in [1.807, 2.05) is 0 Å². The number of carbonyl (C=O) groups is 1. The van der Waals surface area contributed by atoms with E-state index in [4.69, 9.17) is 11.6 Å². The number of nitrogens with one attached hydrogen (secondary N) is 1. The van der Waals surface area contributed by atoms with E-state index in [0.717, 1.165) is 0 Å². The first-order valence-corrected chi connectivity index (χ1v) is 5.83.